The van der Waals surface area contributed by atoms with Gasteiger partial charge in [-0.2, -0.15) is 0 Å². The van der Waals surface area contributed by atoms with Gasteiger partial charge in [-0.1, -0.05) is 26.0 Å². The number of rotatable bonds is 5. The van der Waals surface area contributed by atoms with E-state index in [2.05, 4.69) is 57.2 Å². The normalized spacial score (nSPS) is 12.0. The highest BCUT2D eigenvalue weighted by molar-refractivity contribution is 5.83. The van der Waals surface area contributed by atoms with Crippen LogP contribution in [0.4, 0.5) is 0 Å². The average molecular weight is 349 g/mol. The van der Waals surface area contributed by atoms with Crippen molar-refractivity contribution in [3.05, 3.63) is 53.1 Å². The maximum absolute atomic E-state index is 5.68. The van der Waals surface area contributed by atoms with Crippen molar-refractivity contribution in [1.29, 1.82) is 0 Å². The third-order valence-electron chi connectivity index (χ3n) is 4.88. The molecule has 2 heterocycles. The second kappa shape index (κ2) is 7.32. The van der Waals surface area contributed by atoms with Crippen LogP contribution in [-0.4, -0.2) is 21.5 Å². The largest absolute Gasteiger partial charge is 0.496 e. The zero-order valence-corrected chi connectivity index (χ0v) is 16.6. The van der Waals surface area contributed by atoms with Gasteiger partial charge in [-0.15, -0.1) is 0 Å². The van der Waals surface area contributed by atoms with Gasteiger partial charge in [-0.3, -0.25) is 9.38 Å². The van der Waals surface area contributed by atoms with Crippen LogP contribution >= 0.6 is 0 Å². The Kier molecular flexibility index (Phi) is 5.12. The van der Waals surface area contributed by atoms with Crippen molar-refractivity contribution in [2.75, 3.05) is 7.11 Å². The molecule has 0 aliphatic carbocycles. The summed E-state index contributed by atoms with van der Waals surface area (Å²) in [7, 11) is 1.71. The number of hydrogen-bond donors (Lipinski definition) is 0. The third-order valence-corrected chi connectivity index (χ3v) is 4.88. The number of hydrogen-bond acceptors (Lipinski definition) is 3. The molecular weight excluding hydrogens is 322 g/mol. The smallest absolute Gasteiger partial charge is 0.164 e. The van der Waals surface area contributed by atoms with Crippen molar-refractivity contribution in [3.8, 4) is 17.0 Å². The van der Waals surface area contributed by atoms with Gasteiger partial charge in [-0.05, 0) is 56.4 Å². The number of aryl methyl sites for hydroxylation is 3. The minimum atomic E-state index is 0.840. The molecule has 0 aliphatic heterocycles. The van der Waals surface area contributed by atoms with Gasteiger partial charge in [0.2, 0.25) is 0 Å². The number of allylic oxidation sites excluding steroid dienone is 2. The van der Waals surface area contributed by atoms with E-state index in [9.17, 15) is 0 Å². The quantitative estimate of drug-likeness (QED) is 0.619. The minimum absolute atomic E-state index is 0.840. The molecule has 0 saturated carbocycles. The van der Waals surface area contributed by atoms with Crippen LogP contribution in [0, 0.1) is 13.8 Å². The van der Waals surface area contributed by atoms with E-state index in [4.69, 9.17) is 14.7 Å². The predicted octanol–water partition coefficient (Wildman–Crippen LogP) is 5.40. The van der Waals surface area contributed by atoms with Crippen molar-refractivity contribution in [2.45, 2.75) is 47.5 Å². The van der Waals surface area contributed by atoms with Crippen LogP contribution in [0.5, 0.6) is 5.75 Å². The van der Waals surface area contributed by atoms with Crippen molar-refractivity contribution < 1.29 is 4.74 Å². The highest BCUT2D eigenvalue weighted by atomic mass is 16.5. The Balaban J connectivity index is 2.38. The monoisotopic (exact) mass is 349 g/mol. The van der Waals surface area contributed by atoms with E-state index in [1.807, 2.05) is 12.4 Å². The van der Waals surface area contributed by atoms with E-state index in [0.717, 1.165) is 46.8 Å². The lowest BCUT2D eigenvalue weighted by molar-refractivity contribution is 0.415. The zero-order chi connectivity index (χ0) is 18.8. The summed E-state index contributed by atoms with van der Waals surface area (Å²) in [5.41, 5.74) is 8.70. The van der Waals surface area contributed by atoms with E-state index >= 15 is 0 Å². The van der Waals surface area contributed by atoms with Crippen LogP contribution in [0.25, 0.3) is 22.5 Å². The molecule has 0 amide bonds. The summed E-state index contributed by atoms with van der Waals surface area (Å²) in [6.07, 6.45) is 7.91. The van der Waals surface area contributed by atoms with Gasteiger partial charge >= 0.3 is 0 Å². The molecule has 0 aliphatic rings. The number of methoxy groups -OCH3 is 1. The molecule has 1 aromatic carbocycles. The second-order valence-corrected chi connectivity index (χ2v) is 6.56. The number of aromatic nitrogens is 3. The molecule has 26 heavy (non-hydrogen) atoms. The van der Waals surface area contributed by atoms with Crippen LogP contribution in [0.2, 0.25) is 0 Å². The molecule has 0 radical (unpaired) electrons. The lowest BCUT2D eigenvalue weighted by Crippen LogP contribution is -1.99. The summed E-state index contributed by atoms with van der Waals surface area (Å²) in [5, 5.41) is 0. The Labute approximate surface area is 155 Å². The van der Waals surface area contributed by atoms with E-state index < -0.39 is 0 Å². The maximum Gasteiger partial charge on any atom is 0.164 e. The Morgan fingerprint density at radius 2 is 2.00 bits per heavy atom. The van der Waals surface area contributed by atoms with E-state index in [0.29, 0.717) is 0 Å². The van der Waals surface area contributed by atoms with Gasteiger partial charge in [0.1, 0.15) is 11.4 Å². The van der Waals surface area contributed by atoms with Gasteiger partial charge < -0.3 is 4.74 Å². The molecule has 2 aromatic heterocycles. The van der Waals surface area contributed by atoms with Crippen LogP contribution in [0.15, 0.2) is 30.6 Å². The lowest BCUT2D eigenvalue weighted by Gasteiger charge is -2.13. The van der Waals surface area contributed by atoms with E-state index in [1.165, 1.54) is 16.8 Å². The molecule has 0 saturated heterocycles. The Bertz CT molecular complexity index is 983. The molecule has 3 aromatic rings. The highest BCUT2D eigenvalue weighted by Crippen LogP contribution is 2.36. The first-order chi connectivity index (χ1) is 12.5. The van der Waals surface area contributed by atoms with Gasteiger partial charge in [-0.25, -0.2) is 4.98 Å². The van der Waals surface area contributed by atoms with Gasteiger partial charge in [0.15, 0.2) is 5.65 Å². The molecule has 0 N–H and O–H groups in total. The first-order valence-corrected chi connectivity index (χ1v) is 9.22. The van der Waals surface area contributed by atoms with Crippen molar-refractivity contribution in [1.82, 2.24) is 14.4 Å². The van der Waals surface area contributed by atoms with E-state index in [1.54, 1.807) is 7.11 Å². The van der Waals surface area contributed by atoms with Crippen LogP contribution < -0.4 is 4.74 Å². The number of ether oxygens (including phenoxy) is 1. The topological polar surface area (TPSA) is 39.4 Å². The van der Waals surface area contributed by atoms with Gasteiger partial charge in [0.25, 0.3) is 0 Å². The number of nitrogens with zero attached hydrogens (tertiary/aromatic N) is 3. The summed E-state index contributed by atoms with van der Waals surface area (Å²) >= 11 is 0. The standard InChI is InChI=1S/C22H27N3O/c1-7-16(8-2)21-17(9-3)24-22-20(23-10-11-25(21)22)19-15(5)12-14(4)13-18(19)26-6/h7,10-13H,8-9H2,1-6H3/b16-7+. The Hall–Kier alpha value is -2.62. The fraction of sp³-hybridized carbons (Fsp3) is 0.364. The number of benzene rings is 1. The molecule has 136 valence electrons. The third kappa shape index (κ3) is 2.90. The van der Waals surface area contributed by atoms with Crippen LogP contribution in [-0.2, 0) is 6.42 Å². The molecule has 0 fully saturated rings. The minimum Gasteiger partial charge on any atom is -0.496 e. The first-order valence-electron chi connectivity index (χ1n) is 9.22. The van der Waals surface area contributed by atoms with Crippen molar-refractivity contribution >= 4 is 11.2 Å². The first kappa shape index (κ1) is 18.2. The molecule has 0 unspecified atom stereocenters. The second-order valence-electron chi connectivity index (χ2n) is 6.56. The zero-order valence-electron chi connectivity index (χ0n) is 16.6. The van der Waals surface area contributed by atoms with Gasteiger partial charge in [0.05, 0.1) is 18.5 Å². The van der Waals surface area contributed by atoms with Crippen molar-refractivity contribution in [3.63, 3.8) is 0 Å². The predicted molar refractivity (Wildman–Crippen MR) is 108 cm³/mol. The Morgan fingerprint density at radius 3 is 2.62 bits per heavy atom. The summed E-state index contributed by atoms with van der Waals surface area (Å²) in [5.74, 6) is 0.840. The number of fused-ring (bicyclic) bond motifs is 1. The molecular formula is C22H27N3O. The molecule has 4 nitrogen and oxygen atoms in total. The summed E-state index contributed by atoms with van der Waals surface area (Å²) in [6.45, 7) is 10.6. The van der Waals surface area contributed by atoms with Crippen LogP contribution in [0.3, 0.4) is 0 Å². The molecule has 3 rings (SSSR count). The van der Waals surface area contributed by atoms with E-state index in [-0.39, 0.29) is 0 Å². The summed E-state index contributed by atoms with van der Waals surface area (Å²) in [4.78, 5) is 9.66. The number of imidazole rings is 1. The Morgan fingerprint density at radius 1 is 1.23 bits per heavy atom. The fourth-order valence-corrected chi connectivity index (χ4v) is 3.69. The molecule has 0 atom stereocenters. The summed E-state index contributed by atoms with van der Waals surface area (Å²) in [6, 6.07) is 4.22. The molecule has 0 bridgehead atoms. The van der Waals surface area contributed by atoms with Gasteiger partial charge in [0, 0.05) is 18.0 Å². The van der Waals surface area contributed by atoms with Crippen LogP contribution in [0.1, 0.15) is 49.7 Å². The maximum atomic E-state index is 5.68. The van der Waals surface area contributed by atoms with Crippen molar-refractivity contribution in [2.24, 2.45) is 0 Å². The highest BCUT2D eigenvalue weighted by Gasteiger charge is 2.20. The lowest BCUT2D eigenvalue weighted by atomic mass is 10.0. The average Bonchev–Trinajstić information content (AvgIpc) is 3.01. The fourth-order valence-electron chi connectivity index (χ4n) is 3.69. The SMILES string of the molecule is C/C=C(\CC)c1c(CC)nc2c(-c3c(C)cc(C)cc3OC)nccn12. The summed E-state index contributed by atoms with van der Waals surface area (Å²) < 4.78 is 7.85. The molecule has 4 heteroatoms. The molecule has 0 spiro atoms.